The molecule has 0 saturated heterocycles. The lowest BCUT2D eigenvalue weighted by Gasteiger charge is -2.14. The Kier molecular flexibility index (Phi) is 5.55. The maximum atomic E-state index is 12.0. The number of hydrogen-bond acceptors (Lipinski definition) is 4. The lowest BCUT2D eigenvalue weighted by atomic mass is 9.99. The number of rotatable bonds is 5. The maximum absolute atomic E-state index is 12.0. The number of esters is 1. The second kappa shape index (κ2) is 6.93. The first-order chi connectivity index (χ1) is 9.38. The number of aryl methyl sites for hydroxylation is 2. The lowest BCUT2D eigenvalue weighted by molar-refractivity contribution is -0.144. The molecule has 0 fully saturated rings. The van der Waals surface area contributed by atoms with Crippen LogP contribution in [0.15, 0.2) is 12.1 Å². The lowest BCUT2D eigenvalue weighted by Crippen LogP contribution is -2.40. The standard InChI is InChI=1S/C15H21NO4/c1-9-6-12(19-4)7-10(2)13(9)8-14(17)16-11(3)15(18)20-5/h6-7,11H,8H2,1-5H3,(H,16,17). The number of ether oxygens (including phenoxy) is 2. The largest absolute Gasteiger partial charge is 0.497 e. The molecule has 0 aliphatic carbocycles. The molecule has 5 heteroatoms. The van der Waals surface area contributed by atoms with Gasteiger partial charge in [0.25, 0.3) is 0 Å². The van der Waals surface area contributed by atoms with Crippen LogP contribution >= 0.6 is 0 Å². The van der Waals surface area contributed by atoms with E-state index in [4.69, 9.17) is 4.74 Å². The summed E-state index contributed by atoms with van der Waals surface area (Å²) >= 11 is 0. The summed E-state index contributed by atoms with van der Waals surface area (Å²) in [4.78, 5) is 23.2. The second-order valence-electron chi connectivity index (χ2n) is 4.73. The quantitative estimate of drug-likeness (QED) is 0.830. The normalized spacial score (nSPS) is 11.7. The summed E-state index contributed by atoms with van der Waals surface area (Å²) in [5.74, 6) is 0.105. The average Bonchev–Trinajstić information content (AvgIpc) is 2.41. The van der Waals surface area contributed by atoms with Gasteiger partial charge in [0, 0.05) is 0 Å². The fourth-order valence-electron chi connectivity index (χ4n) is 2.04. The highest BCUT2D eigenvalue weighted by Crippen LogP contribution is 2.22. The van der Waals surface area contributed by atoms with Gasteiger partial charge in [-0.3, -0.25) is 4.79 Å². The Bertz CT molecular complexity index is 488. The first-order valence-corrected chi connectivity index (χ1v) is 6.40. The van der Waals surface area contributed by atoms with Gasteiger partial charge in [-0.25, -0.2) is 4.79 Å². The van der Waals surface area contributed by atoms with Crippen molar-refractivity contribution in [1.82, 2.24) is 5.32 Å². The number of hydrogen-bond donors (Lipinski definition) is 1. The van der Waals surface area contributed by atoms with Crippen molar-refractivity contribution in [3.63, 3.8) is 0 Å². The van der Waals surface area contributed by atoms with Crippen LogP contribution in [-0.2, 0) is 20.7 Å². The van der Waals surface area contributed by atoms with Crippen molar-refractivity contribution in [3.8, 4) is 5.75 Å². The Morgan fingerprint density at radius 2 is 1.75 bits per heavy atom. The van der Waals surface area contributed by atoms with Crippen LogP contribution in [0.3, 0.4) is 0 Å². The molecule has 1 atom stereocenters. The van der Waals surface area contributed by atoms with Gasteiger partial charge in [-0.2, -0.15) is 0 Å². The molecule has 0 aromatic heterocycles. The number of amides is 1. The van der Waals surface area contributed by atoms with Crippen LogP contribution in [0.2, 0.25) is 0 Å². The second-order valence-corrected chi connectivity index (χ2v) is 4.73. The minimum atomic E-state index is -0.647. The van der Waals surface area contributed by atoms with Crippen molar-refractivity contribution in [2.24, 2.45) is 0 Å². The van der Waals surface area contributed by atoms with Crippen LogP contribution < -0.4 is 10.1 Å². The van der Waals surface area contributed by atoms with Crippen molar-refractivity contribution in [2.75, 3.05) is 14.2 Å². The Labute approximate surface area is 119 Å². The van der Waals surface area contributed by atoms with Gasteiger partial charge < -0.3 is 14.8 Å². The number of carbonyl (C=O) groups is 2. The van der Waals surface area contributed by atoms with E-state index >= 15 is 0 Å². The highest BCUT2D eigenvalue weighted by Gasteiger charge is 2.17. The van der Waals surface area contributed by atoms with E-state index in [-0.39, 0.29) is 12.3 Å². The monoisotopic (exact) mass is 279 g/mol. The molecular weight excluding hydrogens is 258 g/mol. The van der Waals surface area contributed by atoms with Gasteiger partial charge >= 0.3 is 5.97 Å². The van der Waals surface area contributed by atoms with Crippen LogP contribution in [0.1, 0.15) is 23.6 Å². The summed E-state index contributed by atoms with van der Waals surface area (Å²) in [6.07, 6.45) is 0.225. The first kappa shape index (κ1) is 16.0. The topological polar surface area (TPSA) is 64.6 Å². The number of methoxy groups -OCH3 is 2. The van der Waals surface area contributed by atoms with Gasteiger partial charge in [-0.05, 0) is 49.6 Å². The molecule has 110 valence electrons. The third kappa shape index (κ3) is 3.98. The zero-order chi connectivity index (χ0) is 15.3. The molecule has 0 bridgehead atoms. The zero-order valence-electron chi connectivity index (χ0n) is 12.6. The Hall–Kier alpha value is -2.04. The van der Waals surface area contributed by atoms with Crippen molar-refractivity contribution < 1.29 is 19.1 Å². The van der Waals surface area contributed by atoms with E-state index in [1.54, 1.807) is 14.0 Å². The van der Waals surface area contributed by atoms with Gasteiger partial charge in [-0.1, -0.05) is 0 Å². The molecule has 1 N–H and O–H groups in total. The highest BCUT2D eigenvalue weighted by atomic mass is 16.5. The van der Waals surface area contributed by atoms with E-state index in [0.717, 1.165) is 22.4 Å². The third-order valence-corrected chi connectivity index (χ3v) is 3.17. The molecule has 0 spiro atoms. The molecule has 0 heterocycles. The van der Waals surface area contributed by atoms with Crippen LogP contribution in [0.25, 0.3) is 0 Å². The predicted octanol–water partition coefficient (Wildman–Crippen LogP) is 1.53. The molecule has 0 aliphatic rings. The van der Waals surface area contributed by atoms with Gasteiger partial charge in [0.1, 0.15) is 11.8 Å². The van der Waals surface area contributed by atoms with E-state index in [9.17, 15) is 9.59 Å². The van der Waals surface area contributed by atoms with Crippen LogP contribution in [-0.4, -0.2) is 32.1 Å². The molecule has 1 aromatic rings. The van der Waals surface area contributed by atoms with Crippen LogP contribution in [0, 0.1) is 13.8 Å². The Morgan fingerprint density at radius 1 is 1.20 bits per heavy atom. The summed E-state index contributed by atoms with van der Waals surface area (Å²) in [6, 6.07) is 3.13. The van der Waals surface area contributed by atoms with E-state index in [1.807, 2.05) is 26.0 Å². The van der Waals surface area contributed by atoms with Gasteiger partial charge in [0.15, 0.2) is 0 Å². The molecule has 0 radical (unpaired) electrons. The number of nitrogens with one attached hydrogen (secondary N) is 1. The molecular formula is C15H21NO4. The SMILES string of the molecule is COC(=O)C(C)NC(=O)Cc1c(C)cc(OC)cc1C. The zero-order valence-corrected chi connectivity index (χ0v) is 12.6. The third-order valence-electron chi connectivity index (χ3n) is 3.17. The van der Waals surface area contributed by atoms with Gasteiger partial charge in [-0.15, -0.1) is 0 Å². The molecule has 20 heavy (non-hydrogen) atoms. The van der Waals surface area contributed by atoms with Crippen molar-refractivity contribution in [2.45, 2.75) is 33.2 Å². The molecule has 1 amide bonds. The van der Waals surface area contributed by atoms with Crippen LogP contribution in [0.5, 0.6) is 5.75 Å². The molecule has 0 saturated carbocycles. The average molecular weight is 279 g/mol. The minimum Gasteiger partial charge on any atom is -0.497 e. The van der Waals surface area contributed by atoms with E-state index < -0.39 is 12.0 Å². The molecule has 0 aliphatic heterocycles. The summed E-state index contributed by atoms with van der Waals surface area (Å²) in [5, 5.41) is 2.62. The fourth-order valence-corrected chi connectivity index (χ4v) is 2.04. The highest BCUT2D eigenvalue weighted by molar-refractivity contribution is 5.85. The van der Waals surface area contributed by atoms with Gasteiger partial charge in [0.05, 0.1) is 20.6 Å². The smallest absolute Gasteiger partial charge is 0.328 e. The summed E-state index contributed by atoms with van der Waals surface area (Å²) in [6.45, 7) is 5.46. The fraction of sp³-hybridized carbons (Fsp3) is 0.467. The molecule has 1 aromatic carbocycles. The molecule has 5 nitrogen and oxygen atoms in total. The number of benzene rings is 1. The summed E-state index contributed by atoms with van der Waals surface area (Å²) < 4.78 is 9.76. The van der Waals surface area contributed by atoms with Crippen molar-refractivity contribution in [3.05, 3.63) is 28.8 Å². The summed E-state index contributed by atoms with van der Waals surface area (Å²) in [7, 11) is 2.90. The molecule has 1 unspecified atom stereocenters. The van der Waals surface area contributed by atoms with E-state index in [2.05, 4.69) is 10.1 Å². The summed E-state index contributed by atoms with van der Waals surface area (Å²) in [5.41, 5.74) is 2.92. The first-order valence-electron chi connectivity index (χ1n) is 6.40. The minimum absolute atomic E-state index is 0.209. The maximum Gasteiger partial charge on any atom is 0.328 e. The van der Waals surface area contributed by atoms with Crippen LogP contribution in [0.4, 0.5) is 0 Å². The Morgan fingerprint density at radius 3 is 2.20 bits per heavy atom. The Balaban J connectivity index is 2.79. The van der Waals surface area contributed by atoms with E-state index in [1.165, 1.54) is 7.11 Å². The number of carbonyl (C=O) groups excluding carboxylic acids is 2. The van der Waals surface area contributed by atoms with Crippen molar-refractivity contribution in [1.29, 1.82) is 0 Å². The van der Waals surface area contributed by atoms with E-state index in [0.29, 0.717) is 0 Å². The molecule has 1 rings (SSSR count). The van der Waals surface area contributed by atoms with Gasteiger partial charge in [0.2, 0.25) is 5.91 Å². The predicted molar refractivity (Wildman–Crippen MR) is 75.8 cm³/mol. The van der Waals surface area contributed by atoms with Crippen molar-refractivity contribution >= 4 is 11.9 Å².